The van der Waals surface area contributed by atoms with Gasteiger partial charge in [-0.1, -0.05) is 13.8 Å². The van der Waals surface area contributed by atoms with E-state index in [-0.39, 0.29) is 6.04 Å². The molecule has 0 aliphatic carbocycles. The molecule has 3 atom stereocenters. The van der Waals surface area contributed by atoms with E-state index in [1.54, 1.807) is 0 Å². The highest BCUT2D eigenvalue weighted by atomic mass is 16.2. The first-order valence-electron chi connectivity index (χ1n) is 7.10. The summed E-state index contributed by atoms with van der Waals surface area (Å²) in [6.45, 7) is 10.8. The summed E-state index contributed by atoms with van der Waals surface area (Å²) in [7, 11) is 0. The van der Waals surface area contributed by atoms with E-state index in [2.05, 4.69) is 30.6 Å². The number of piperidine rings is 1. The minimum Gasteiger partial charge on any atom is -0.341 e. The van der Waals surface area contributed by atoms with Gasteiger partial charge in [-0.15, -0.1) is 0 Å². The fourth-order valence-corrected chi connectivity index (χ4v) is 3.39. The number of hydrogen-bond donors (Lipinski definition) is 0. The number of hydrogen-bond acceptors (Lipinski definition) is 2. The van der Waals surface area contributed by atoms with Crippen LogP contribution in [0.3, 0.4) is 0 Å². The molecule has 2 saturated heterocycles. The van der Waals surface area contributed by atoms with Gasteiger partial charge in [0.25, 0.3) is 0 Å². The van der Waals surface area contributed by atoms with Crippen molar-refractivity contribution < 1.29 is 4.79 Å². The highest BCUT2D eigenvalue weighted by Crippen LogP contribution is 2.23. The van der Waals surface area contributed by atoms with Gasteiger partial charge < -0.3 is 4.90 Å². The van der Waals surface area contributed by atoms with E-state index in [1.807, 2.05) is 0 Å². The van der Waals surface area contributed by atoms with E-state index in [0.29, 0.717) is 5.91 Å². The predicted octanol–water partition coefficient (Wildman–Crippen LogP) is 1.98. The van der Waals surface area contributed by atoms with Crippen molar-refractivity contribution in [2.24, 2.45) is 11.8 Å². The van der Waals surface area contributed by atoms with Crippen LogP contribution in [0.15, 0.2) is 0 Å². The molecular weight excluding hydrogens is 212 g/mol. The van der Waals surface area contributed by atoms with Gasteiger partial charge in [-0.25, -0.2) is 0 Å². The van der Waals surface area contributed by atoms with E-state index < -0.39 is 0 Å². The van der Waals surface area contributed by atoms with Gasteiger partial charge in [-0.05, 0) is 38.0 Å². The summed E-state index contributed by atoms with van der Waals surface area (Å²) in [6, 6.07) is 0.0818. The topological polar surface area (TPSA) is 23.6 Å². The summed E-state index contributed by atoms with van der Waals surface area (Å²) >= 11 is 0. The summed E-state index contributed by atoms with van der Waals surface area (Å²) in [4.78, 5) is 16.8. The highest BCUT2D eigenvalue weighted by Gasteiger charge is 2.31. The first-order valence-corrected chi connectivity index (χ1v) is 7.10. The van der Waals surface area contributed by atoms with E-state index in [1.165, 1.54) is 19.3 Å². The average molecular weight is 238 g/mol. The summed E-state index contributed by atoms with van der Waals surface area (Å²) in [5.74, 6) is 1.81. The van der Waals surface area contributed by atoms with Gasteiger partial charge in [0.15, 0.2) is 0 Å². The Labute approximate surface area is 105 Å². The SMILES string of the molecule is CC1CC(C)CN(C(C)C(=O)N2CCCC2)C1. The number of carbonyl (C=O) groups is 1. The van der Waals surface area contributed by atoms with Gasteiger partial charge in [0, 0.05) is 26.2 Å². The molecule has 2 aliphatic rings. The van der Waals surface area contributed by atoms with Gasteiger partial charge in [-0.2, -0.15) is 0 Å². The Morgan fingerprint density at radius 1 is 1.12 bits per heavy atom. The molecule has 17 heavy (non-hydrogen) atoms. The lowest BCUT2D eigenvalue weighted by molar-refractivity contribution is -0.136. The first-order chi connectivity index (χ1) is 8.08. The maximum atomic E-state index is 12.3. The van der Waals surface area contributed by atoms with Crippen molar-refractivity contribution in [3.05, 3.63) is 0 Å². The summed E-state index contributed by atoms with van der Waals surface area (Å²) in [6.07, 6.45) is 3.68. The van der Waals surface area contributed by atoms with Crippen LogP contribution in [-0.4, -0.2) is 47.9 Å². The second kappa shape index (κ2) is 5.38. The monoisotopic (exact) mass is 238 g/mol. The average Bonchev–Trinajstić information content (AvgIpc) is 2.79. The van der Waals surface area contributed by atoms with E-state index >= 15 is 0 Å². The third kappa shape index (κ3) is 3.01. The standard InChI is InChI=1S/C14H26N2O/c1-11-8-12(2)10-16(9-11)13(3)14(17)15-6-4-5-7-15/h11-13H,4-10H2,1-3H3. The molecule has 2 aliphatic heterocycles. The lowest BCUT2D eigenvalue weighted by Gasteiger charge is -2.39. The molecule has 0 bridgehead atoms. The third-order valence-corrected chi connectivity index (χ3v) is 4.22. The minimum absolute atomic E-state index is 0.0818. The molecule has 0 saturated carbocycles. The Balaban J connectivity index is 1.93. The molecule has 2 rings (SSSR count). The molecule has 0 aromatic rings. The molecule has 0 radical (unpaired) electrons. The van der Waals surface area contributed by atoms with E-state index in [4.69, 9.17) is 0 Å². The zero-order valence-corrected chi connectivity index (χ0v) is 11.5. The Bertz CT molecular complexity index is 263. The second-order valence-corrected chi connectivity index (χ2v) is 6.11. The van der Waals surface area contributed by atoms with Gasteiger partial charge in [0.1, 0.15) is 0 Å². The molecule has 3 unspecified atom stereocenters. The number of nitrogens with zero attached hydrogens (tertiary/aromatic N) is 2. The zero-order valence-electron chi connectivity index (χ0n) is 11.5. The molecule has 0 aromatic carbocycles. The van der Waals surface area contributed by atoms with E-state index in [0.717, 1.165) is 38.0 Å². The van der Waals surface area contributed by atoms with Crippen LogP contribution in [0.1, 0.15) is 40.0 Å². The smallest absolute Gasteiger partial charge is 0.239 e. The third-order valence-electron chi connectivity index (χ3n) is 4.22. The minimum atomic E-state index is 0.0818. The fourth-order valence-electron chi connectivity index (χ4n) is 3.39. The van der Waals surface area contributed by atoms with Gasteiger partial charge >= 0.3 is 0 Å². The van der Waals surface area contributed by atoms with Crippen LogP contribution < -0.4 is 0 Å². The molecule has 0 spiro atoms. The summed E-state index contributed by atoms with van der Waals surface area (Å²) in [5, 5.41) is 0. The van der Waals surface area contributed by atoms with E-state index in [9.17, 15) is 4.79 Å². The lowest BCUT2D eigenvalue weighted by atomic mass is 9.91. The number of rotatable bonds is 2. The normalized spacial score (nSPS) is 32.8. The van der Waals surface area contributed by atoms with Crippen LogP contribution in [0.2, 0.25) is 0 Å². The molecule has 2 heterocycles. The molecule has 3 heteroatoms. The second-order valence-electron chi connectivity index (χ2n) is 6.11. The van der Waals surface area contributed by atoms with Crippen molar-refractivity contribution in [2.75, 3.05) is 26.2 Å². The number of amides is 1. The highest BCUT2D eigenvalue weighted by molar-refractivity contribution is 5.81. The Hall–Kier alpha value is -0.570. The lowest BCUT2D eigenvalue weighted by Crippen LogP contribution is -2.51. The zero-order chi connectivity index (χ0) is 12.4. The molecule has 98 valence electrons. The van der Waals surface area contributed by atoms with Crippen molar-refractivity contribution in [2.45, 2.75) is 46.1 Å². The molecule has 0 aromatic heterocycles. The van der Waals surface area contributed by atoms with Crippen LogP contribution in [0.4, 0.5) is 0 Å². The molecule has 2 fully saturated rings. The largest absolute Gasteiger partial charge is 0.341 e. The van der Waals surface area contributed by atoms with Crippen LogP contribution >= 0.6 is 0 Å². The van der Waals surface area contributed by atoms with Crippen molar-refractivity contribution in [1.82, 2.24) is 9.80 Å². The maximum absolute atomic E-state index is 12.3. The molecular formula is C14H26N2O. The van der Waals surface area contributed by atoms with Gasteiger partial charge in [0.05, 0.1) is 6.04 Å². The summed E-state index contributed by atoms with van der Waals surface area (Å²) < 4.78 is 0. The quantitative estimate of drug-likeness (QED) is 0.734. The van der Waals surface area contributed by atoms with Crippen molar-refractivity contribution in [1.29, 1.82) is 0 Å². The number of carbonyl (C=O) groups excluding carboxylic acids is 1. The Morgan fingerprint density at radius 2 is 1.65 bits per heavy atom. The van der Waals surface area contributed by atoms with Crippen molar-refractivity contribution >= 4 is 5.91 Å². The molecule has 1 amide bonds. The van der Waals surface area contributed by atoms with Gasteiger partial charge in [-0.3, -0.25) is 9.69 Å². The maximum Gasteiger partial charge on any atom is 0.239 e. The molecule has 3 nitrogen and oxygen atoms in total. The Morgan fingerprint density at radius 3 is 2.18 bits per heavy atom. The van der Waals surface area contributed by atoms with Crippen molar-refractivity contribution in [3.63, 3.8) is 0 Å². The van der Waals surface area contributed by atoms with Crippen LogP contribution in [0.25, 0.3) is 0 Å². The van der Waals surface area contributed by atoms with Crippen LogP contribution in [0, 0.1) is 11.8 Å². The number of likely N-dealkylation sites (tertiary alicyclic amines) is 2. The molecule has 0 N–H and O–H groups in total. The van der Waals surface area contributed by atoms with Crippen molar-refractivity contribution in [3.8, 4) is 0 Å². The predicted molar refractivity (Wildman–Crippen MR) is 69.8 cm³/mol. The summed E-state index contributed by atoms with van der Waals surface area (Å²) in [5.41, 5.74) is 0. The Kier molecular flexibility index (Phi) is 4.08. The van der Waals surface area contributed by atoms with Gasteiger partial charge in [0.2, 0.25) is 5.91 Å². The fraction of sp³-hybridized carbons (Fsp3) is 0.929. The van der Waals surface area contributed by atoms with Crippen LogP contribution in [0.5, 0.6) is 0 Å². The van der Waals surface area contributed by atoms with Crippen LogP contribution in [-0.2, 0) is 4.79 Å². The first kappa shape index (κ1) is 12.9.